The van der Waals surface area contributed by atoms with E-state index in [0.717, 1.165) is 17.8 Å². The lowest BCUT2D eigenvalue weighted by Gasteiger charge is -2.59. The van der Waals surface area contributed by atoms with Crippen LogP contribution >= 0.6 is 0 Å². The maximum atomic E-state index is 12.5. The highest BCUT2D eigenvalue weighted by Crippen LogP contribution is 2.61. The highest BCUT2D eigenvalue weighted by molar-refractivity contribution is 5.90. The van der Waals surface area contributed by atoms with Crippen molar-refractivity contribution in [2.75, 3.05) is 20.8 Å². The number of methoxy groups -OCH3 is 2. The molecule has 6 heteroatoms. The molecule has 1 atom stereocenters. The highest BCUT2D eigenvalue weighted by atomic mass is 16.5. The second-order valence-corrected chi connectivity index (χ2v) is 9.59. The van der Waals surface area contributed by atoms with Crippen molar-refractivity contribution in [3.63, 3.8) is 0 Å². The van der Waals surface area contributed by atoms with Gasteiger partial charge in [0.05, 0.1) is 14.2 Å². The molecule has 4 fully saturated rings. The molecule has 5 rings (SSSR count). The Balaban J connectivity index is 1.28. The van der Waals surface area contributed by atoms with E-state index in [0.29, 0.717) is 17.1 Å². The fourth-order valence-electron chi connectivity index (χ4n) is 6.53. The van der Waals surface area contributed by atoms with Crippen LogP contribution in [0, 0.1) is 23.2 Å². The molecule has 0 unspecified atom stereocenters. The molecule has 4 bridgehead atoms. The van der Waals surface area contributed by atoms with Gasteiger partial charge in [0.25, 0.3) is 5.91 Å². The molecule has 4 saturated carbocycles. The number of benzene rings is 1. The summed E-state index contributed by atoms with van der Waals surface area (Å²) in [5.74, 6) is 2.82. The molecule has 4 aliphatic carbocycles. The lowest BCUT2D eigenvalue weighted by molar-refractivity contribution is -0.145. The molecule has 0 radical (unpaired) electrons. The van der Waals surface area contributed by atoms with Crippen molar-refractivity contribution in [1.29, 1.82) is 0 Å². The molecular weight excluding hydrogens is 394 g/mol. The van der Waals surface area contributed by atoms with Crippen molar-refractivity contribution in [2.24, 2.45) is 23.2 Å². The van der Waals surface area contributed by atoms with Crippen molar-refractivity contribution in [2.45, 2.75) is 51.5 Å². The lowest BCUT2D eigenvalue weighted by Crippen LogP contribution is -2.56. The third-order valence-corrected chi connectivity index (χ3v) is 7.56. The number of rotatable bonds is 8. The standard InChI is InChI=1S/C25H33NO5/c1-16(25-12-17-9-18(13-25)11-19(10-17)14-25)26-22(27)15-31-23(28)8-7-20-5-4-6-21(29-2)24(20)30-3/h4-8,16-19H,9-15H2,1-3H3,(H,26,27)/b8-7+/t16-,17?,18?,19?,25?/m1/s1. The van der Waals surface area contributed by atoms with Crippen molar-refractivity contribution >= 4 is 18.0 Å². The number of ether oxygens (including phenoxy) is 3. The molecular formula is C25H33NO5. The van der Waals surface area contributed by atoms with Crippen molar-refractivity contribution < 1.29 is 23.8 Å². The van der Waals surface area contributed by atoms with Crippen LogP contribution in [0.25, 0.3) is 6.08 Å². The predicted octanol–water partition coefficient (Wildman–Crippen LogP) is 3.98. The fourth-order valence-corrected chi connectivity index (χ4v) is 6.53. The summed E-state index contributed by atoms with van der Waals surface area (Å²) in [5.41, 5.74) is 0.927. The molecule has 1 amide bonds. The first-order valence-electron chi connectivity index (χ1n) is 11.3. The smallest absolute Gasteiger partial charge is 0.331 e. The zero-order chi connectivity index (χ0) is 22.0. The largest absolute Gasteiger partial charge is 0.493 e. The summed E-state index contributed by atoms with van der Waals surface area (Å²) in [6.45, 7) is 1.86. The zero-order valence-corrected chi connectivity index (χ0v) is 18.7. The highest BCUT2D eigenvalue weighted by Gasteiger charge is 2.53. The van der Waals surface area contributed by atoms with E-state index in [-0.39, 0.29) is 24.0 Å². The first-order chi connectivity index (χ1) is 14.9. The number of para-hydroxylation sites is 1. The van der Waals surface area contributed by atoms with Gasteiger partial charge in [0.15, 0.2) is 18.1 Å². The van der Waals surface area contributed by atoms with Gasteiger partial charge in [-0.05, 0) is 80.8 Å². The minimum Gasteiger partial charge on any atom is -0.493 e. The molecule has 4 aliphatic rings. The van der Waals surface area contributed by atoms with Gasteiger partial charge in [-0.2, -0.15) is 0 Å². The average Bonchev–Trinajstić information content (AvgIpc) is 2.74. The fraction of sp³-hybridized carbons (Fsp3) is 0.600. The summed E-state index contributed by atoms with van der Waals surface area (Å²) in [7, 11) is 3.10. The van der Waals surface area contributed by atoms with E-state index in [4.69, 9.17) is 14.2 Å². The molecule has 168 valence electrons. The van der Waals surface area contributed by atoms with Crippen LogP contribution in [-0.4, -0.2) is 38.7 Å². The minimum absolute atomic E-state index is 0.115. The van der Waals surface area contributed by atoms with Crippen molar-refractivity contribution in [3.05, 3.63) is 29.8 Å². The topological polar surface area (TPSA) is 73.9 Å². The van der Waals surface area contributed by atoms with Gasteiger partial charge in [-0.15, -0.1) is 0 Å². The van der Waals surface area contributed by atoms with Crippen LogP contribution < -0.4 is 14.8 Å². The quantitative estimate of drug-likeness (QED) is 0.502. The van der Waals surface area contributed by atoms with Gasteiger partial charge in [-0.3, -0.25) is 4.79 Å². The summed E-state index contributed by atoms with van der Waals surface area (Å²) >= 11 is 0. The summed E-state index contributed by atoms with van der Waals surface area (Å²) in [5, 5.41) is 3.12. The molecule has 6 nitrogen and oxygen atoms in total. The summed E-state index contributed by atoms with van der Waals surface area (Å²) < 4.78 is 15.8. The Bertz CT molecular complexity index is 826. The summed E-state index contributed by atoms with van der Waals surface area (Å²) in [4.78, 5) is 24.6. The Kier molecular flexibility index (Phi) is 6.26. The molecule has 1 aromatic carbocycles. The number of carbonyl (C=O) groups is 2. The molecule has 0 heterocycles. The molecule has 1 N–H and O–H groups in total. The van der Waals surface area contributed by atoms with E-state index in [9.17, 15) is 9.59 Å². The SMILES string of the molecule is COc1cccc(/C=C/C(=O)OCC(=O)N[C@H](C)C23CC4CC(CC(C4)C2)C3)c1OC. The van der Waals surface area contributed by atoms with E-state index in [1.807, 2.05) is 12.1 Å². The Morgan fingerprint density at radius 1 is 1.10 bits per heavy atom. The van der Waals surface area contributed by atoms with Gasteiger partial charge < -0.3 is 19.5 Å². The number of hydrogen-bond acceptors (Lipinski definition) is 5. The van der Waals surface area contributed by atoms with Crippen LogP contribution in [0.4, 0.5) is 0 Å². The minimum atomic E-state index is -0.567. The first kappa shape index (κ1) is 21.7. The van der Waals surface area contributed by atoms with E-state index < -0.39 is 5.97 Å². The Morgan fingerprint density at radius 3 is 2.32 bits per heavy atom. The number of carbonyl (C=O) groups excluding carboxylic acids is 2. The average molecular weight is 428 g/mol. The number of amides is 1. The maximum Gasteiger partial charge on any atom is 0.331 e. The van der Waals surface area contributed by atoms with Crippen LogP contribution in [0.1, 0.15) is 51.0 Å². The van der Waals surface area contributed by atoms with Crippen LogP contribution in [-0.2, 0) is 14.3 Å². The van der Waals surface area contributed by atoms with Crippen molar-refractivity contribution in [1.82, 2.24) is 5.32 Å². The van der Waals surface area contributed by atoms with Crippen LogP contribution in [0.15, 0.2) is 24.3 Å². The van der Waals surface area contributed by atoms with E-state index in [1.165, 1.54) is 44.6 Å². The lowest BCUT2D eigenvalue weighted by atomic mass is 9.48. The van der Waals surface area contributed by atoms with E-state index in [1.54, 1.807) is 26.4 Å². The number of esters is 1. The molecule has 0 aliphatic heterocycles. The summed E-state index contributed by atoms with van der Waals surface area (Å²) in [6, 6.07) is 5.52. The number of nitrogens with one attached hydrogen (secondary N) is 1. The molecule has 1 aromatic rings. The zero-order valence-electron chi connectivity index (χ0n) is 18.7. The van der Waals surface area contributed by atoms with Crippen LogP contribution in [0.2, 0.25) is 0 Å². The second kappa shape index (κ2) is 8.93. The molecule has 0 spiro atoms. The van der Waals surface area contributed by atoms with Crippen molar-refractivity contribution in [3.8, 4) is 11.5 Å². The Morgan fingerprint density at radius 2 is 1.74 bits per heavy atom. The molecule has 0 saturated heterocycles. The number of hydrogen-bond donors (Lipinski definition) is 1. The third-order valence-electron chi connectivity index (χ3n) is 7.56. The van der Waals surface area contributed by atoms with Crippen LogP contribution in [0.5, 0.6) is 11.5 Å². The molecule has 0 aromatic heterocycles. The maximum absolute atomic E-state index is 12.5. The summed E-state index contributed by atoms with van der Waals surface area (Å²) in [6.07, 6.45) is 10.7. The van der Waals surface area contributed by atoms with Gasteiger partial charge in [-0.25, -0.2) is 4.79 Å². The normalized spacial score (nSPS) is 29.6. The van der Waals surface area contributed by atoms with E-state index >= 15 is 0 Å². The molecule has 31 heavy (non-hydrogen) atoms. The Labute approximate surface area is 184 Å². The monoisotopic (exact) mass is 427 g/mol. The van der Waals surface area contributed by atoms with Crippen LogP contribution in [0.3, 0.4) is 0 Å². The van der Waals surface area contributed by atoms with Gasteiger partial charge in [0, 0.05) is 17.7 Å². The van der Waals surface area contributed by atoms with E-state index in [2.05, 4.69) is 12.2 Å². The second-order valence-electron chi connectivity index (χ2n) is 9.59. The van der Waals surface area contributed by atoms with Gasteiger partial charge in [-0.1, -0.05) is 12.1 Å². The Hall–Kier alpha value is -2.50. The first-order valence-corrected chi connectivity index (χ1v) is 11.3. The van der Waals surface area contributed by atoms with Gasteiger partial charge in [0.2, 0.25) is 0 Å². The van der Waals surface area contributed by atoms with Gasteiger partial charge in [0.1, 0.15) is 0 Å². The van der Waals surface area contributed by atoms with Gasteiger partial charge >= 0.3 is 5.97 Å². The predicted molar refractivity (Wildman–Crippen MR) is 118 cm³/mol. The third kappa shape index (κ3) is 4.58.